The van der Waals surface area contributed by atoms with Crippen molar-refractivity contribution in [3.63, 3.8) is 0 Å². The molecule has 0 heterocycles. The van der Waals surface area contributed by atoms with E-state index < -0.39 is 5.66 Å². The van der Waals surface area contributed by atoms with Gasteiger partial charge in [-0.05, 0) is 6.07 Å². The summed E-state index contributed by atoms with van der Waals surface area (Å²) in [6.45, 7) is 0. The molecule has 1 unspecified atom stereocenters. The Bertz CT molecular complexity index is 363. The van der Waals surface area contributed by atoms with Gasteiger partial charge in [0.05, 0.1) is 0 Å². The quantitative estimate of drug-likeness (QED) is 0.261. The van der Waals surface area contributed by atoms with E-state index in [0.717, 1.165) is 0 Å². The smallest absolute Gasteiger partial charge is 0.283 e. The third-order valence-electron chi connectivity index (χ3n) is 1.65. The molecule has 76 valence electrons. The number of alkyl halides is 2. The number of nitrogens with zero attached hydrogens (tertiary/aromatic N) is 1. The molecule has 1 aromatic rings. The first-order chi connectivity index (χ1) is 6.45. The van der Waals surface area contributed by atoms with Crippen LogP contribution in [0.5, 0.6) is 0 Å². The Kier molecular flexibility index (Phi) is 3.01. The van der Waals surface area contributed by atoms with Crippen LogP contribution in [0.15, 0.2) is 29.4 Å². The molecule has 0 aliphatic carbocycles. The van der Waals surface area contributed by atoms with E-state index in [4.69, 9.17) is 10.9 Å². The minimum Gasteiger partial charge on any atom is -0.409 e. The van der Waals surface area contributed by atoms with Crippen molar-refractivity contribution in [2.45, 2.75) is 5.66 Å². The van der Waals surface area contributed by atoms with Gasteiger partial charge in [-0.25, -0.2) is 0 Å². The second-order valence-corrected chi connectivity index (χ2v) is 3.41. The molecular formula is C8H9F2N2OP. The highest BCUT2D eigenvalue weighted by molar-refractivity contribution is 7.17. The molecular weight excluding hydrogens is 209 g/mol. The van der Waals surface area contributed by atoms with Crippen LogP contribution in [0, 0.1) is 0 Å². The highest BCUT2D eigenvalue weighted by atomic mass is 31.0. The van der Waals surface area contributed by atoms with E-state index >= 15 is 0 Å². The molecule has 3 nitrogen and oxygen atoms in total. The molecule has 0 aliphatic heterocycles. The first-order valence-electron chi connectivity index (χ1n) is 3.70. The molecule has 3 N–H and O–H groups in total. The van der Waals surface area contributed by atoms with Crippen LogP contribution in [0.25, 0.3) is 0 Å². The molecule has 0 fully saturated rings. The number of benzene rings is 1. The maximum absolute atomic E-state index is 12.8. The van der Waals surface area contributed by atoms with Gasteiger partial charge in [0.15, 0.2) is 5.84 Å². The van der Waals surface area contributed by atoms with Crippen LogP contribution in [0.1, 0.15) is 11.1 Å². The van der Waals surface area contributed by atoms with E-state index in [9.17, 15) is 8.78 Å². The number of oxime groups is 1. The Hall–Kier alpha value is -1.22. The summed E-state index contributed by atoms with van der Waals surface area (Å²) in [6, 6.07) is 5.33. The van der Waals surface area contributed by atoms with Crippen molar-refractivity contribution in [2.24, 2.45) is 10.9 Å². The Balaban J connectivity index is 3.14. The second kappa shape index (κ2) is 3.88. The standard InChI is InChI=1S/C8H9F2N2OP/c9-8(10,14)6-3-1-2-5(4-6)7(11)12-13/h1-4,13H,14H2,(H2,11,12). The molecule has 14 heavy (non-hydrogen) atoms. The largest absolute Gasteiger partial charge is 0.409 e. The molecule has 0 amide bonds. The molecule has 0 bridgehead atoms. The normalized spacial score (nSPS) is 12.9. The number of amidine groups is 1. The van der Waals surface area contributed by atoms with E-state index in [2.05, 4.69) is 5.16 Å². The summed E-state index contributed by atoms with van der Waals surface area (Å²) < 4.78 is 25.6. The topological polar surface area (TPSA) is 58.6 Å². The van der Waals surface area contributed by atoms with Crippen molar-refractivity contribution in [1.29, 1.82) is 0 Å². The molecule has 6 heteroatoms. The zero-order valence-electron chi connectivity index (χ0n) is 7.11. The molecule has 0 radical (unpaired) electrons. The zero-order chi connectivity index (χ0) is 10.8. The molecule has 0 saturated carbocycles. The lowest BCUT2D eigenvalue weighted by Gasteiger charge is -2.11. The molecule has 1 atom stereocenters. The predicted molar refractivity (Wildman–Crippen MR) is 52.6 cm³/mol. The van der Waals surface area contributed by atoms with Gasteiger partial charge in [-0.2, -0.15) is 8.78 Å². The monoisotopic (exact) mass is 218 g/mol. The number of nitrogens with two attached hydrogens (primary N) is 1. The molecule has 0 aliphatic rings. The predicted octanol–water partition coefficient (Wildman–Crippen LogP) is 1.71. The molecule has 1 aromatic carbocycles. The molecule has 0 spiro atoms. The number of rotatable bonds is 2. The summed E-state index contributed by atoms with van der Waals surface area (Å²) in [6.07, 6.45) is 0. The summed E-state index contributed by atoms with van der Waals surface area (Å²) in [4.78, 5) is 0. The average molecular weight is 218 g/mol. The summed E-state index contributed by atoms with van der Waals surface area (Å²) in [5.41, 5.74) is 2.30. The lowest BCUT2D eigenvalue weighted by Crippen LogP contribution is -2.14. The minimum atomic E-state index is -3.01. The SMILES string of the molecule is N/C(=N\O)c1cccc(C(F)(F)P)c1. The van der Waals surface area contributed by atoms with Crippen molar-refractivity contribution in [1.82, 2.24) is 0 Å². The van der Waals surface area contributed by atoms with Gasteiger partial charge in [0.1, 0.15) is 0 Å². The molecule has 0 saturated heterocycles. The summed E-state index contributed by atoms with van der Waals surface area (Å²) >= 11 is 0. The Morgan fingerprint density at radius 2 is 2.14 bits per heavy atom. The maximum Gasteiger partial charge on any atom is 0.283 e. The van der Waals surface area contributed by atoms with Gasteiger partial charge in [0, 0.05) is 11.1 Å². The van der Waals surface area contributed by atoms with Crippen LogP contribution in [-0.2, 0) is 5.66 Å². The van der Waals surface area contributed by atoms with Gasteiger partial charge in [0.2, 0.25) is 0 Å². The van der Waals surface area contributed by atoms with Crippen LogP contribution in [0.2, 0.25) is 0 Å². The third-order valence-corrected chi connectivity index (χ3v) is 1.98. The van der Waals surface area contributed by atoms with Crippen molar-refractivity contribution in [3.8, 4) is 0 Å². The van der Waals surface area contributed by atoms with Gasteiger partial charge in [-0.15, -0.1) is 0 Å². The van der Waals surface area contributed by atoms with Crippen LogP contribution < -0.4 is 5.73 Å². The number of hydrogen-bond donors (Lipinski definition) is 2. The fourth-order valence-corrected chi connectivity index (χ4v) is 1.12. The lowest BCUT2D eigenvalue weighted by atomic mass is 10.1. The first-order valence-corrected chi connectivity index (χ1v) is 4.28. The van der Waals surface area contributed by atoms with Crippen LogP contribution in [0.3, 0.4) is 0 Å². The molecule has 0 aromatic heterocycles. The van der Waals surface area contributed by atoms with E-state index in [0.29, 0.717) is 0 Å². The van der Waals surface area contributed by atoms with Crippen LogP contribution >= 0.6 is 9.24 Å². The number of hydrogen-bond acceptors (Lipinski definition) is 2. The van der Waals surface area contributed by atoms with E-state index in [1.807, 2.05) is 0 Å². The summed E-state index contributed by atoms with van der Waals surface area (Å²) in [5.74, 6) is -0.193. The lowest BCUT2D eigenvalue weighted by molar-refractivity contribution is 0.104. The van der Waals surface area contributed by atoms with E-state index in [-0.39, 0.29) is 17.0 Å². The van der Waals surface area contributed by atoms with Crippen LogP contribution in [-0.4, -0.2) is 11.0 Å². The second-order valence-electron chi connectivity index (χ2n) is 2.69. The maximum atomic E-state index is 12.8. The fraction of sp³-hybridized carbons (Fsp3) is 0.125. The number of halogens is 2. The highest BCUT2D eigenvalue weighted by Crippen LogP contribution is 2.34. The van der Waals surface area contributed by atoms with E-state index in [1.54, 1.807) is 0 Å². The zero-order valence-corrected chi connectivity index (χ0v) is 8.27. The fourth-order valence-electron chi connectivity index (χ4n) is 0.944. The average Bonchev–Trinajstić information content (AvgIpc) is 2.15. The van der Waals surface area contributed by atoms with Crippen molar-refractivity contribution >= 4 is 15.1 Å². The Labute approximate surface area is 81.8 Å². The summed E-state index contributed by atoms with van der Waals surface area (Å²) in [7, 11) is 1.42. The Morgan fingerprint density at radius 1 is 1.50 bits per heavy atom. The van der Waals surface area contributed by atoms with Crippen molar-refractivity contribution in [2.75, 3.05) is 0 Å². The minimum absolute atomic E-state index is 0.193. The van der Waals surface area contributed by atoms with Crippen LogP contribution in [0.4, 0.5) is 8.78 Å². The molecule has 1 rings (SSSR count). The van der Waals surface area contributed by atoms with Gasteiger partial charge in [-0.1, -0.05) is 32.6 Å². The first kappa shape index (κ1) is 10.9. The van der Waals surface area contributed by atoms with E-state index in [1.165, 1.54) is 33.5 Å². The third kappa shape index (κ3) is 2.39. The van der Waals surface area contributed by atoms with Crippen molar-refractivity contribution < 1.29 is 14.0 Å². The van der Waals surface area contributed by atoms with Gasteiger partial charge in [0.25, 0.3) is 5.66 Å². The Morgan fingerprint density at radius 3 is 2.64 bits per heavy atom. The van der Waals surface area contributed by atoms with Gasteiger partial charge >= 0.3 is 0 Å². The van der Waals surface area contributed by atoms with Gasteiger partial charge < -0.3 is 10.9 Å². The van der Waals surface area contributed by atoms with Crippen molar-refractivity contribution in [3.05, 3.63) is 35.4 Å². The van der Waals surface area contributed by atoms with Gasteiger partial charge in [-0.3, -0.25) is 0 Å². The summed E-state index contributed by atoms with van der Waals surface area (Å²) in [5, 5.41) is 11.1. The highest BCUT2D eigenvalue weighted by Gasteiger charge is 2.24.